The molecule has 7 nitrogen and oxygen atoms in total. The lowest BCUT2D eigenvalue weighted by molar-refractivity contribution is -0.145. The van der Waals surface area contributed by atoms with Gasteiger partial charge in [0, 0.05) is 44.1 Å². The number of nitrogens with zero attached hydrogens (tertiary/aromatic N) is 3. The third-order valence-electron chi connectivity index (χ3n) is 8.85. The van der Waals surface area contributed by atoms with E-state index in [4.69, 9.17) is 0 Å². The van der Waals surface area contributed by atoms with Crippen LogP contribution in [0.15, 0.2) is 55.6 Å². The highest BCUT2D eigenvalue weighted by Crippen LogP contribution is 2.66. The molecule has 0 saturated carbocycles. The monoisotopic (exact) mass is 567 g/mol. The fourth-order valence-corrected chi connectivity index (χ4v) is 9.31. The Hall–Kier alpha value is -2.58. The summed E-state index contributed by atoms with van der Waals surface area (Å²) in [4.78, 5) is 48.4. The summed E-state index contributed by atoms with van der Waals surface area (Å²) < 4.78 is -0.615. The molecule has 1 spiro atoms. The average Bonchev–Trinajstić information content (AvgIpc) is 3.59. The first-order valence-corrected chi connectivity index (χ1v) is 15.7. The van der Waals surface area contributed by atoms with Crippen molar-refractivity contribution >= 4 is 29.5 Å². The van der Waals surface area contributed by atoms with Crippen LogP contribution in [-0.2, 0) is 20.9 Å². The highest BCUT2D eigenvalue weighted by Gasteiger charge is 2.74. The Morgan fingerprint density at radius 2 is 1.90 bits per heavy atom. The maximum atomic E-state index is 14.4. The number of likely N-dealkylation sites (tertiary alicyclic amines) is 1. The summed E-state index contributed by atoms with van der Waals surface area (Å²) >= 11 is 1.71. The Bertz CT molecular complexity index is 1080. The lowest BCUT2D eigenvalue weighted by atomic mass is 9.70. The third kappa shape index (κ3) is 5.62. The molecule has 3 unspecified atom stereocenters. The third-order valence-corrected chi connectivity index (χ3v) is 10.8. The quantitative estimate of drug-likeness (QED) is 0.253. The number of hydrogen-bond donors (Lipinski definition) is 1. The van der Waals surface area contributed by atoms with Crippen LogP contribution in [-0.4, -0.2) is 85.8 Å². The molecule has 1 N–H and O–H groups in total. The predicted molar refractivity (Wildman–Crippen MR) is 160 cm³/mol. The Morgan fingerprint density at radius 1 is 1.18 bits per heavy atom. The molecule has 6 atom stereocenters. The van der Waals surface area contributed by atoms with Gasteiger partial charge in [-0.25, -0.2) is 0 Å². The molecule has 0 aromatic heterocycles. The van der Waals surface area contributed by atoms with Crippen LogP contribution in [0, 0.1) is 11.8 Å². The number of thioether (sulfide) groups is 1. The number of fused-ring (bicyclic) bond motifs is 1. The fraction of sp³-hybridized carbons (Fsp3) is 0.594. The van der Waals surface area contributed by atoms with Crippen molar-refractivity contribution < 1.29 is 19.5 Å². The molecule has 3 aliphatic rings. The van der Waals surface area contributed by atoms with E-state index < -0.39 is 22.6 Å². The van der Waals surface area contributed by atoms with Gasteiger partial charge in [-0.2, -0.15) is 0 Å². The predicted octanol–water partition coefficient (Wildman–Crippen LogP) is 4.27. The van der Waals surface area contributed by atoms with Crippen LogP contribution in [0.1, 0.15) is 57.9 Å². The minimum Gasteiger partial charge on any atom is -0.396 e. The van der Waals surface area contributed by atoms with Crippen molar-refractivity contribution in [3.63, 3.8) is 0 Å². The van der Waals surface area contributed by atoms with Gasteiger partial charge in [-0.05, 0) is 44.6 Å². The first kappa shape index (κ1) is 30.4. The lowest BCUT2D eigenvalue weighted by Crippen LogP contribution is -2.56. The number of carbonyl (C=O) groups excluding carboxylic acids is 3. The zero-order chi connectivity index (χ0) is 28.9. The van der Waals surface area contributed by atoms with Gasteiger partial charge >= 0.3 is 0 Å². The van der Waals surface area contributed by atoms with Gasteiger partial charge in [0.05, 0.1) is 16.6 Å². The molecule has 0 aliphatic carbocycles. The molecule has 3 fully saturated rings. The van der Waals surface area contributed by atoms with Crippen LogP contribution in [0.3, 0.4) is 0 Å². The summed E-state index contributed by atoms with van der Waals surface area (Å²) in [5.41, 5.74) is 1.03. The second-order valence-corrected chi connectivity index (χ2v) is 13.0. The van der Waals surface area contributed by atoms with Gasteiger partial charge in [-0.15, -0.1) is 24.9 Å². The maximum Gasteiger partial charge on any atom is 0.247 e. The van der Waals surface area contributed by atoms with E-state index in [9.17, 15) is 19.5 Å². The number of amides is 3. The van der Waals surface area contributed by atoms with E-state index in [2.05, 4.69) is 27.0 Å². The molecular weight excluding hydrogens is 522 g/mol. The molecule has 2 bridgehead atoms. The number of aliphatic hydroxyl groups excluding tert-OH is 1. The van der Waals surface area contributed by atoms with E-state index in [0.29, 0.717) is 39.0 Å². The van der Waals surface area contributed by atoms with Crippen molar-refractivity contribution in [1.82, 2.24) is 14.7 Å². The average molecular weight is 568 g/mol. The lowest BCUT2D eigenvalue weighted by Gasteiger charge is -2.39. The summed E-state index contributed by atoms with van der Waals surface area (Å²) in [6.07, 6.45) is 8.06. The molecule has 3 amide bonds. The Morgan fingerprint density at radius 3 is 2.55 bits per heavy atom. The molecule has 0 radical (unpaired) electrons. The number of carbonyl (C=O) groups is 3. The number of unbranched alkanes of at least 4 members (excludes halogenated alkanes) is 1. The van der Waals surface area contributed by atoms with E-state index in [1.165, 1.54) is 0 Å². The zero-order valence-electron chi connectivity index (χ0n) is 24.0. The van der Waals surface area contributed by atoms with Gasteiger partial charge in [-0.3, -0.25) is 14.4 Å². The summed E-state index contributed by atoms with van der Waals surface area (Å²) in [6, 6.07) is 9.30. The summed E-state index contributed by atoms with van der Waals surface area (Å²) in [5, 5.41) is 9.45. The topological polar surface area (TPSA) is 81.2 Å². The summed E-state index contributed by atoms with van der Waals surface area (Å²) in [7, 11) is 0. The van der Waals surface area contributed by atoms with Crippen molar-refractivity contribution in [2.75, 3.05) is 26.2 Å². The normalized spacial score (nSPS) is 27.4. The summed E-state index contributed by atoms with van der Waals surface area (Å²) in [5.74, 6) is -1.12. The fourth-order valence-electron chi connectivity index (χ4n) is 7.11. The molecule has 3 heterocycles. The van der Waals surface area contributed by atoms with E-state index in [1.54, 1.807) is 28.8 Å². The minimum atomic E-state index is -0.615. The van der Waals surface area contributed by atoms with Crippen LogP contribution in [0.25, 0.3) is 0 Å². The van der Waals surface area contributed by atoms with E-state index in [-0.39, 0.29) is 35.6 Å². The molecule has 40 heavy (non-hydrogen) atoms. The van der Waals surface area contributed by atoms with Crippen LogP contribution >= 0.6 is 11.8 Å². The van der Waals surface area contributed by atoms with Gasteiger partial charge < -0.3 is 19.8 Å². The molecule has 1 aromatic carbocycles. The Labute approximate surface area is 243 Å². The number of hydrogen-bond acceptors (Lipinski definition) is 5. The highest BCUT2D eigenvalue weighted by molar-refractivity contribution is 8.02. The Balaban J connectivity index is 1.69. The molecule has 3 saturated heterocycles. The van der Waals surface area contributed by atoms with Crippen LogP contribution in [0.5, 0.6) is 0 Å². The molecular formula is C32H45N3O4S. The first-order chi connectivity index (χ1) is 19.3. The van der Waals surface area contributed by atoms with Gasteiger partial charge in [0.2, 0.25) is 17.7 Å². The van der Waals surface area contributed by atoms with Gasteiger partial charge in [0.1, 0.15) is 6.04 Å². The Kier molecular flexibility index (Phi) is 10.2. The largest absolute Gasteiger partial charge is 0.396 e. The van der Waals surface area contributed by atoms with Crippen molar-refractivity contribution in [2.45, 2.75) is 81.0 Å². The molecule has 4 rings (SSSR count). The van der Waals surface area contributed by atoms with Crippen molar-refractivity contribution in [2.24, 2.45) is 11.8 Å². The van der Waals surface area contributed by atoms with E-state index >= 15 is 0 Å². The maximum absolute atomic E-state index is 14.4. The number of aliphatic hydroxyl groups is 1. The number of rotatable bonds is 15. The van der Waals surface area contributed by atoms with E-state index in [1.807, 2.05) is 40.1 Å². The second-order valence-electron chi connectivity index (χ2n) is 11.4. The molecule has 218 valence electrons. The van der Waals surface area contributed by atoms with E-state index in [0.717, 1.165) is 31.2 Å². The highest BCUT2D eigenvalue weighted by atomic mass is 32.2. The van der Waals surface area contributed by atoms with Gasteiger partial charge in [0.15, 0.2) is 0 Å². The van der Waals surface area contributed by atoms with Crippen LogP contribution in [0.4, 0.5) is 0 Å². The van der Waals surface area contributed by atoms with Gasteiger partial charge in [0.25, 0.3) is 0 Å². The van der Waals surface area contributed by atoms with Crippen LogP contribution in [0.2, 0.25) is 0 Å². The smallest absolute Gasteiger partial charge is 0.247 e. The zero-order valence-corrected chi connectivity index (χ0v) is 24.9. The summed E-state index contributed by atoms with van der Waals surface area (Å²) in [6.45, 7) is 13.7. The van der Waals surface area contributed by atoms with Crippen LogP contribution < -0.4 is 0 Å². The minimum absolute atomic E-state index is 0.0142. The number of benzene rings is 1. The van der Waals surface area contributed by atoms with Gasteiger partial charge in [-0.1, -0.05) is 55.8 Å². The standard InChI is InChI=1S/C32H45N3O4S/c1-5-13-23(4)34(19-7-3)31(39)28-32-17-16-25(40-32)26(27(32)30(38)35(28)20-11-12-21-36)29(37)33(18-6-2)22-24-14-9-8-10-15-24/h6-10,14-15,23,25-28,36H,2-3,5,11-13,16-22H2,1,4H3/t23?,25-,26+,27+,28?,32?/m1/s1. The van der Waals surface area contributed by atoms with Crippen molar-refractivity contribution in [1.29, 1.82) is 0 Å². The molecule has 3 aliphatic heterocycles. The SMILES string of the molecule is C=CCN(Cc1ccccc1)C(=O)[C@@H]1[C@H]2C(=O)N(CCCCO)C(C(=O)N(CC=C)C(C)CCC)C23CC[C@H]1S3. The molecule has 8 heteroatoms. The first-order valence-electron chi connectivity index (χ1n) is 14.8. The molecule has 1 aromatic rings. The second kappa shape index (κ2) is 13.4. The van der Waals surface area contributed by atoms with Crippen molar-refractivity contribution in [3.05, 3.63) is 61.2 Å². The van der Waals surface area contributed by atoms with Crippen molar-refractivity contribution in [3.8, 4) is 0 Å².